The molecule has 0 saturated carbocycles. The molecule has 2 aliphatic rings. The van der Waals surface area contributed by atoms with E-state index in [4.69, 9.17) is 9.47 Å². The molecule has 1 aromatic rings. The van der Waals surface area contributed by atoms with Crippen LogP contribution in [-0.4, -0.2) is 50.6 Å². The minimum atomic E-state index is -0.243. The number of hydrogen-bond donors (Lipinski definition) is 4. The van der Waals surface area contributed by atoms with E-state index in [1.165, 1.54) is 0 Å². The van der Waals surface area contributed by atoms with Gasteiger partial charge in [0.05, 0.1) is 12.2 Å². The van der Waals surface area contributed by atoms with Gasteiger partial charge in [0, 0.05) is 37.7 Å². The molecule has 1 aromatic carbocycles. The van der Waals surface area contributed by atoms with E-state index in [-0.39, 0.29) is 24.3 Å². The largest absolute Gasteiger partial charge is 0.378 e. The summed E-state index contributed by atoms with van der Waals surface area (Å²) < 4.78 is 11.1. The van der Waals surface area contributed by atoms with Crippen molar-refractivity contribution in [3.8, 4) is 0 Å². The number of aryl methyl sites for hydroxylation is 1. The van der Waals surface area contributed by atoms with Crippen LogP contribution < -0.4 is 21.3 Å². The van der Waals surface area contributed by atoms with Crippen molar-refractivity contribution >= 4 is 23.4 Å². The molecule has 0 radical (unpaired) electrons. The van der Waals surface area contributed by atoms with Crippen LogP contribution in [0.4, 0.5) is 21.0 Å². The van der Waals surface area contributed by atoms with E-state index >= 15 is 0 Å². The predicted molar refractivity (Wildman–Crippen MR) is 121 cm³/mol. The van der Waals surface area contributed by atoms with E-state index in [9.17, 15) is 9.59 Å². The number of carbonyl (C=O) groups is 2. The number of ether oxygens (including phenoxy) is 2. The Bertz CT molecular complexity index is 757. The highest BCUT2D eigenvalue weighted by molar-refractivity contribution is 5.93. The van der Waals surface area contributed by atoms with Crippen molar-refractivity contribution in [2.24, 2.45) is 11.8 Å². The van der Waals surface area contributed by atoms with Crippen LogP contribution in [0.1, 0.15) is 45.1 Å². The third-order valence-electron chi connectivity index (χ3n) is 6.03. The summed E-state index contributed by atoms with van der Waals surface area (Å²) in [6.07, 6.45) is 4.34. The number of anilines is 2. The van der Waals surface area contributed by atoms with Gasteiger partial charge in [-0.2, -0.15) is 0 Å². The highest BCUT2D eigenvalue weighted by atomic mass is 16.5. The van der Waals surface area contributed by atoms with Gasteiger partial charge >= 0.3 is 12.1 Å². The van der Waals surface area contributed by atoms with Gasteiger partial charge in [-0.25, -0.2) is 9.59 Å². The first-order valence-electron chi connectivity index (χ1n) is 11.3. The van der Waals surface area contributed by atoms with Crippen molar-refractivity contribution in [3.05, 3.63) is 23.8 Å². The Morgan fingerprint density at radius 2 is 1.45 bits per heavy atom. The molecular formula is C23H36N4O4. The molecular weight excluding hydrogens is 396 g/mol. The molecule has 8 heteroatoms. The average Bonchev–Trinajstić information content (AvgIpc) is 2.73. The van der Waals surface area contributed by atoms with Gasteiger partial charge in [-0.3, -0.25) is 0 Å². The molecule has 0 unspecified atom stereocenters. The lowest BCUT2D eigenvalue weighted by atomic mass is 9.96. The Kier molecular flexibility index (Phi) is 8.54. The van der Waals surface area contributed by atoms with Crippen molar-refractivity contribution in [1.82, 2.24) is 10.6 Å². The van der Waals surface area contributed by atoms with Crippen molar-refractivity contribution < 1.29 is 19.1 Å². The van der Waals surface area contributed by atoms with Gasteiger partial charge in [0.1, 0.15) is 0 Å². The lowest BCUT2D eigenvalue weighted by molar-refractivity contribution is 0.00339. The van der Waals surface area contributed by atoms with Crippen LogP contribution >= 0.6 is 0 Å². The van der Waals surface area contributed by atoms with E-state index in [0.29, 0.717) is 36.3 Å². The van der Waals surface area contributed by atoms with Gasteiger partial charge < -0.3 is 30.7 Å². The number of benzene rings is 1. The Morgan fingerprint density at radius 3 is 2.00 bits per heavy atom. The van der Waals surface area contributed by atoms with Crippen LogP contribution in [0.2, 0.25) is 0 Å². The Balaban J connectivity index is 1.45. The topological polar surface area (TPSA) is 101 Å². The quantitative estimate of drug-likeness (QED) is 0.548. The van der Waals surface area contributed by atoms with Gasteiger partial charge in [-0.15, -0.1) is 0 Å². The van der Waals surface area contributed by atoms with Gasteiger partial charge in [0.25, 0.3) is 0 Å². The first-order valence-corrected chi connectivity index (χ1v) is 11.3. The molecule has 172 valence electrons. The smallest absolute Gasteiger partial charge is 0.319 e. The van der Waals surface area contributed by atoms with Crippen molar-refractivity contribution in [3.63, 3.8) is 0 Å². The maximum absolute atomic E-state index is 12.4. The molecule has 8 nitrogen and oxygen atoms in total. The van der Waals surface area contributed by atoms with Crippen LogP contribution in [0, 0.1) is 18.8 Å². The molecule has 2 heterocycles. The lowest BCUT2D eigenvalue weighted by Gasteiger charge is -2.27. The summed E-state index contributed by atoms with van der Waals surface area (Å²) in [7, 11) is 0. The average molecular weight is 433 g/mol. The van der Waals surface area contributed by atoms with Crippen molar-refractivity contribution in [2.45, 2.75) is 58.7 Å². The zero-order chi connectivity index (χ0) is 22.2. The second-order valence-corrected chi connectivity index (χ2v) is 8.84. The molecule has 4 amide bonds. The zero-order valence-corrected chi connectivity index (χ0v) is 18.8. The first-order chi connectivity index (χ1) is 14.9. The van der Waals surface area contributed by atoms with E-state index in [0.717, 1.165) is 44.5 Å². The second kappa shape index (κ2) is 11.3. The predicted octanol–water partition coefficient (Wildman–Crippen LogP) is 3.87. The minimum Gasteiger partial charge on any atom is -0.378 e. The van der Waals surface area contributed by atoms with Gasteiger partial charge in [0.15, 0.2) is 0 Å². The standard InChI is InChI=1S/C23H36N4O4/c1-15-4-5-20(26-22(28)24-13-18-6-8-30-16(2)10-18)12-21(15)27-23(29)25-14-19-7-9-31-17(3)11-19/h4-5,12,16-19H,6-11,13-14H2,1-3H3,(H2,24,26,28)(H2,25,27,29)/t16-,17-,18-,19-/m1/s1. The van der Waals surface area contributed by atoms with E-state index in [1.54, 1.807) is 6.07 Å². The van der Waals surface area contributed by atoms with Gasteiger partial charge in [0.2, 0.25) is 0 Å². The van der Waals surface area contributed by atoms with Crippen LogP contribution in [-0.2, 0) is 9.47 Å². The fraction of sp³-hybridized carbons (Fsp3) is 0.652. The van der Waals surface area contributed by atoms with E-state index in [2.05, 4.69) is 35.1 Å². The summed E-state index contributed by atoms with van der Waals surface area (Å²) >= 11 is 0. The van der Waals surface area contributed by atoms with Crippen molar-refractivity contribution in [2.75, 3.05) is 36.9 Å². The minimum absolute atomic E-state index is 0.238. The number of hydrogen-bond acceptors (Lipinski definition) is 4. The molecule has 4 N–H and O–H groups in total. The highest BCUT2D eigenvalue weighted by Crippen LogP contribution is 2.22. The van der Waals surface area contributed by atoms with Crippen LogP contribution in [0.3, 0.4) is 0 Å². The molecule has 0 aliphatic carbocycles. The molecule has 2 aliphatic heterocycles. The fourth-order valence-corrected chi connectivity index (χ4v) is 4.20. The van der Waals surface area contributed by atoms with Gasteiger partial charge in [-0.1, -0.05) is 6.07 Å². The summed E-state index contributed by atoms with van der Waals surface area (Å²) in [4.78, 5) is 24.7. The third-order valence-corrected chi connectivity index (χ3v) is 6.03. The number of amides is 4. The number of nitrogens with one attached hydrogen (secondary N) is 4. The van der Waals surface area contributed by atoms with Crippen LogP contribution in [0.25, 0.3) is 0 Å². The molecule has 0 bridgehead atoms. The first kappa shape index (κ1) is 23.3. The molecule has 4 atom stereocenters. The number of rotatable bonds is 6. The molecule has 0 spiro atoms. The molecule has 31 heavy (non-hydrogen) atoms. The Hall–Kier alpha value is -2.32. The highest BCUT2D eigenvalue weighted by Gasteiger charge is 2.21. The fourth-order valence-electron chi connectivity index (χ4n) is 4.20. The van der Waals surface area contributed by atoms with Crippen LogP contribution in [0.5, 0.6) is 0 Å². The molecule has 2 fully saturated rings. The van der Waals surface area contributed by atoms with Gasteiger partial charge in [-0.05, 0) is 76.0 Å². The summed E-state index contributed by atoms with van der Waals surface area (Å²) in [6, 6.07) is 5.01. The van der Waals surface area contributed by atoms with Crippen molar-refractivity contribution in [1.29, 1.82) is 0 Å². The SMILES string of the molecule is Cc1ccc(NC(=O)NC[C@@H]2CCO[C@H](C)C2)cc1NC(=O)NC[C@@H]1CCO[C@H](C)C1. The summed E-state index contributed by atoms with van der Waals surface area (Å²) in [5, 5.41) is 11.6. The number of carbonyl (C=O) groups excluding carboxylic acids is 2. The maximum Gasteiger partial charge on any atom is 0.319 e. The Morgan fingerprint density at radius 1 is 0.903 bits per heavy atom. The molecule has 3 rings (SSSR count). The van der Waals surface area contributed by atoms with Crippen LogP contribution in [0.15, 0.2) is 18.2 Å². The lowest BCUT2D eigenvalue weighted by Crippen LogP contribution is -2.37. The maximum atomic E-state index is 12.4. The third kappa shape index (κ3) is 7.70. The van der Waals surface area contributed by atoms with E-state index in [1.807, 2.05) is 19.1 Å². The second-order valence-electron chi connectivity index (χ2n) is 8.84. The summed E-state index contributed by atoms with van der Waals surface area (Å²) in [6.45, 7) is 8.80. The molecule has 0 aromatic heterocycles. The molecule has 2 saturated heterocycles. The zero-order valence-electron chi connectivity index (χ0n) is 18.8. The normalized spacial score (nSPS) is 26.0. The van der Waals surface area contributed by atoms with E-state index < -0.39 is 0 Å². The summed E-state index contributed by atoms with van der Waals surface area (Å²) in [5.74, 6) is 0.873. The number of urea groups is 2. The Labute approximate surface area is 184 Å². The summed E-state index contributed by atoms with van der Waals surface area (Å²) in [5.41, 5.74) is 2.24. The monoisotopic (exact) mass is 432 g/mol.